The second-order valence-corrected chi connectivity index (χ2v) is 3.93. The summed E-state index contributed by atoms with van der Waals surface area (Å²) in [5, 5.41) is 5.63. The number of nitrogens with zero attached hydrogens (tertiary/aromatic N) is 3. The highest BCUT2D eigenvalue weighted by Gasteiger charge is 2.22. The first-order valence-electron chi connectivity index (χ1n) is 5.85. The predicted molar refractivity (Wildman–Crippen MR) is 65.1 cm³/mol. The lowest BCUT2D eigenvalue weighted by Crippen LogP contribution is -2.31. The number of hydrogen-bond donors (Lipinski definition) is 3. The van der Waals surface area contributed by atoms with Gasteiger partial charge in [-0.05, 0) is 19.8 Å². The molecular formula is C10H16N6O2. The van der Waals surface area contributed by atoms with Crippen LogP contribution in [0, 0.1) is 0 Å². The molecule has 4 N–H and O–H groups in total. The van der Waals surface area contributed by atoms with Crippen LogP contribution in [0.4, 0.5) is 11.9 Å². The van der Waals surface area contributed by atoms with Gasteiger partial charge < -0.3 is 21.1 Å². The molecule has 2 rings (SSSR count). The number of rotatable bonds is 6. The molecule has 98 valence electrons. The Morgan fingerprint density at radius 2 is 2.22 bits per heavy atom. The van der Waals surface area contributed by atoms with Crippen molar-refractivity contribution in [2.75, 3.05) is 24.2 Å². The summed E-state index contributed by atoms with van der Waals surface area (Å²) in [4.78, 5) is 23.1. The van der Waals surface area contributed by atoms with Crippen LogP contribution >= 0.6 is 0 Å². The van der Waals surface area contributed by atoms with E-state index in [1.165, 1.54) is 0 Å². The molecule has 1 aliphatic rings. The molecule has 0 unspecified atom stereocenters. The van der Waals surface area contributed by atoms with E-state index in [1.807, 2.05) is 6.92 Å². The van der Waals surface area contributed by atoms with Crippen molar-refractivity contribution in [2.24, 2.45) is 0 Å². The van der Waals surface area contributed by atoms with Crippen LogP contribution in [0.3, 0.4) is 0 Å². The summed E-state index contributed by atoms with van der Waals surface area (Å²) < 4.78 is 5.13. The summed E-state index contributed by atoms with van der Waals surface area (Å²) in [6.07, 6.45) is 2.11. The van der Waals surface area contributed by atoms with E-state index in [2.05, 4.69) is 25.6 Å². The number of hydrogen-bond acceptors (Lipinski definition) is 7. The highest BCUT2D eigenvalue weighted by Crippen LogP contribution is 2.18. The van der Waals surface area contributed by atoms with Gasteiger partial charge in [0.25, 0.3) is 0 Å². The first-order chi connectivity index (χ1) is 8.67. The van der Waals surface area contributed by atoms with Gasteiger partial charge in [-0.15, -0.1) is 0 Å². The molecule has 0 saturated heterocycles. The molecule has 1 aromatic heterocycles. The van der Waals surface area contributed by atoms with E-state index in [9.17, 15) is 4.79 Å². The first-order valence-corrected chi connectivity index (χ1v) is 5.85. The molecule has 18 heavy (non-hydrogen) atoms. The van der Waals surface area contributed by atoms with Crippen molar-refractivity contribution < 1.29 is 9.53 Å². The van der Waals surface area contributed by atoms with Gasteiger partial charge in [-0.25, -0.2) is 0 Å². The number of nitrogen functional groups attached to an aromatic ring is 1. The minimum atomic E-state index is -0.0885. The maximum atomic E-state index is 11.5. The number of nitrogens with two attached hydrogens (primary N) is 1. The number of amides is 1. The summed E-state index contributed by atoms with van der Waals surface area (Å²) in [5.41, 5.74) is 5.50. The summed E-state index contributed by atoms with van der Waals surface area (Å²) in [6.45, 7) is 2.35. The van der Waals surface area contributed by atoms with Gasteiger partial charge in [0.1, 0.15) is 0 Å². The van der Waals surface area contributed by atoms with Gasteiger partial charge in [0, 0.05) is 6.04 Å². The molecule has 0 aliphatic heterocycles. The summed E-state index contributed by atoms with van der Waals surface area (Å²) in [6, 6.07) is 0.483. The molecule has 1 aliphatic carbocycles. The van der Waals surface area contributed by atoms with Crippen molar-refractivity contribution in [3.8, 4) is 6.01 Å². The molecule has 8 nitrogen and oxygen atoms in total. The number of nitrogens with one attached hydrogen (secondary N) is 2. The first kappa shape index (κ1) is 12.3. The van der Waals surface area contributed by atoms with E-state index < -0.39 is 0 Å². The third kappa shape index (κ3) is 3.72. The van der Waals surface area contributed by atoms with Crippen LogP contribution < -0.4 is 21.1 Å². The van der Waals surface area contributed by atoms with Gasteiger partial charge in [-0.3, -0.25) is 4.79 Å². The van der Waals surface area contributed by atoms with E-state index >= 15 is 0 Å². The van der Waals surface area contributed by atoms with Crippen molar-refractivity contribution in [2.45, 2.75) is 25.8 Å². The summed E-state index contributed by atoms with van der Waals surface area (Å²) in [7, 11) is 0. The fourth-order valence-corrected chi connectivity index (χ4v) is 1.31. The number of carbonyl (C=O) groups excluding carboxylic acids is 1. The molecule has 1 fully saturated rings. The molecule has 1 amide bonds. The topological polar surface area (TPSA) is 115 Å². The highest BCUT2D eigenvalue weighted by molar-refractivity contribution is 5.80. The molecule has 8 heteroatoms. The molecule has 1 saturated carbocycles. The highest BCUT2D eigenvalue weighted by atomic mass is 16.5. The molecular weight excluding hydrogens is 236 g/mol. The van der Waals surface area contributed by atoms with E-state index in [1.54, 1.807) is 0 Å². The predicted octanol–water partition coefficient (Wildman–Crippen LogP) is -0.457. The van der Waals surface area contributed by atoms with Crippen molar-refractivity contribution >= 4 is 17.8 Å². The lowest BCUT2D eigenvalue weighted by atomic mass is 10.5. The number of anilines is 2. The number of carbonyl (C=O) groups is 1. The summed E-state index contributed by atoms with van der Waals surface area (Å²) >= 11 is 0. The maximum Gasteiger partial charge on any atom is 0.323 e. The Balaban J connectivity index is 1.88. The zero-order chi connectivity index (χ0) is 13.0. The van der Waals surface area contributed by atoms with Crippen molar-refractivity contribution in [1.29, 1.82) is 0 Å². The third-order valence-corrected chi connectivity index (χ3v) is 2.26. The average molecular weight is 252 g/mol. The second kappa shape index (κ2) is 5.48. The Morgan fingerprint density at radius 3 is 2.89 bits per heavy atom. The van der Waals surface area contributed by atoms with Crippen LogP contribution in [0.5, 0.6) is 6.01 Å². The van der Waals surface area contributed by atoms with Crippen LogP contribution in [0.25, 0.3) is 0 Å². The Hall–Kier alpha value is -2.12. The van der Waals surface area contributed by atoms with E-state index in [-0.39, 0.29) is 30.4 Å². The van der Waals surface area contributed by atoms with E-state index in [0.29, 0.717) is 12.6 Å². The Bertz CT molecular complexity index is 434. The Kier molecular flexibility index (Phi) is 3.75. The quantitative estimate of drug-likeness (QED) is 0.627. The number of ether oxygens (including phenoxy) is 1. The summed E-state index contributed by atoms with van der Waals surface area (Å²) in [5.74, 6) is 0.199. The Labute approximate surface area is 104 Å². The zero-order valence-electron chi connectivity index (χ0n) is 10.1. The van der Waals surface area contributed by atoms with Gasteiger partial charge in [-0.1, -0.05) is 0 Å². The van der Waals surface area contributed by atoms with Crippen molar-refractivity contribution in [3.05, 3.63) is 0 Å². The van der Waals surface area contributed by atoms with E-state index in [4.69, 9.17) is 10.5 Å². The fourth-order valence-electron chi connectivity index (χ4n) is 1.31. The van der Waals surface area contributed by atoms with E-state index in [0.717, 1.165) is 12.8 Å². The SMILES string of the molecule is CCOc1nc(N)nc(NCC(=O)NC2CC2)n1. The molecule has 0 aromatic carbocycles. The van der Waals surface area contributed by atoms with Gasteiger partial charge >= 0.3 is 6.01 Å². The lowest BCUT2D eigenvalue weighted by Gasteiger charge is -2.07. The molecule has 0 atom stereocenters. The average Bonchev–Trinajstić information content (AvgIpc) is 3.10. The molecule has 1 aromatic rings. The van der Waals surface area contributed by atoms with Crippen LogP contribution in [0.2, 0.25) is 0 Å². The minimum Gasteiger partial charge on any atom is -0.464 e. The monoisotopic (exact) mass is 252 g/mol. The second-order valence-electron chi connectivity index (χ2n) is 3.93. The van der Waals surface area contributed by atoms with Crippen LogP contribution in [-0.4, -0.2) is 40.1 Å². The Morgan fingerprint density at radius 1 is 1.44 bits per heavy atom. The minimum absolute atomic E-state index is 0.0542. The zero-order valence-corrected chi connectivity index (χ0v) is 10.1. The van der Waals surface area contributed by atoms with Gasteiger partial charge in [0.05, 0.1) is 13.2 Å². The van der Waals surface area contributed by atoms with Crippen LogP contribution in [0.15, 0.2) is 0 Å². The normalized spacial score (nSPS) is 14.1. The van der Waals surface area contributed by atoms with Crippen LogP contribution in [-0.2, 0) is 4.79 Å². The standard InChI is InChI=1S/C10H16N6O2/c1-2-18-10-15-8(11)14-9(16-10)12-5-7(17)13-6-3-4-6/h6H,2-5H2,1H3,(H,13,17)(H3,11,12,14,15,16). The molecule has 1 heterocycles. The maximum absolute atomic E-state index is 11.5. The fraction of sp³-hybridized carbons (Fsp3) is 0.600. The lowest BCUT2D eigenvalue weighted by molar-refractivity contribution is -0.119. The molecule has 0 bridgehead atoms. The molecule has 0 spiro atoms. The van der Waals surface area contributed by atoms with Gasteiger partial charge in [0.15, 0.2) is 0 Å². The smallest absolute Gasteiger partial charge is 0.323 e. The number of aromatic nitrogens is 3. The van der Waals surface area contributed by atoms with Gasteiger partial charge in [-0.2, -0.15) is 15.0 Å². The van der Waals surface area contributed by atoms with Crippen molar-refractivity contribution in [1.82, 2.24) is 20.3 Å². The van der Waals surface area contributed by atoms with Crippen LogP contribution in [0.1, 0.15) is 19.8 Å². The largest absolute Gasteiger partial charge is 0.464 e. The van der Waals surface area contributed by atoms with Gasteiger partial charge in [0.2, 0.25) is 17.8 Å². The third-order valence-electron chi connectivity index (χ3n) is 2.26. The van der Waals surface area contributed by atoms with Crippen molar-refractivity contribution in [3.63, 3.8) is 0 Å². The molecule has 0 radical (unpaired) electrons.